The Bertz CT molecular complexity index is 814. The third-order valence-corrected chi connectivity index (χ3v) is 5.73. The van der Waals surface area contributed by atoms with Gasteiger partial charge < -0.3 is 0 Å². The van der Waals surface area contributed by atoms with Crippen molar-refractivity contribution in [2.24, 2.45) is 0 Å². The lowest BCUT2D eigenvalue weighted by molar-refractivity contribution is 0.314. The summed E-state index contributed by atoms with van der Waals surface area (Å²) in [5, 5.41) is 4.37. The molecule has 0 N–H and O–H groups in total. The summed E-state index contributed by atoms with van der Waals surface area (Å²) < 4.78 is 27.2. The van der Waals surface area contributed by atoms with E-state index < -0.39 is 10.0 Å². The first-order valence-corrected chi connectivity index (χ1v) is 10.2. The van der Waals surface area contributed by atoms with Gasteiger partial charge in [-0.3, -0.25) is 9.67 Å². The molecular weight excluding hydrogens is 324 g/mol. The molecule has 1 saturated heterocycles. The number of pyridine rings is 1. The van der Waals surface area contributed by atoms with Crippen molar-refractivity contribution in [3.63, 3.8) is 0 Å². The average molecular weight is 348 g/mol. The Kier molecular flexibility index (Phi) is 4.73. The van der Waals surface area contributed by atoms with E-state index in [-0.39, 0.29) is 12.0 Å². The van der Waals surface area contributed by atoms with Crippen LogP contribution in [0, 0.1) is 0 Å². The topological polar surface area (TPSA) is 68.1 Å². The third-order valence-electron chi connectivity index (χ3n) is 4.46. The minimum absolute atomic E-state index is 0.142. The fourth-order valence-corrected chi connectivity index (χ4v) is 4.15. The Morgan fingerprint density at radius 1 is 1.25 bits per heavy atom. The zero-order valence-electron chi connectivity index (χ0n) is 14.4. The highest BCUT2D eigenvalue weighted by Gasteiger charge is 2.27. The fourth-order valence-electron chi connectivity index (χ4n) is 3.24. The van der Waals surface area contributed by atoms with Gasteiger partial charge in [-0.2, -0.15) is 5.10 Å². The zero-order valence-corrected chi connectivity index (χ0v) is 15.2. The number of rotatable bonds is 4. The summed E-state index contributed by atoms with van der Waals surface area (Å²) >= 11 is 0. The smallest absolute Gasteiger partial charge is 0.211 e. The summed E-state index contributed by atoms with van der Waals surface area (Å²) in [5.74, 6) is 0.142. The highest BCUT2D eigenvalue weighted by atomic mass is 32.2. The van der Waals surface area contributed by atoms with Gasteiger partial charge in [0.05, 0.1) is 17.6 Å². The first-order chi connectivity index (χ1) is 11.4. The van der Waals surface area contributed by atoms with E-state index in [1.165, 1.54) is 6.26 Å². The Balaban J connectivity index is 1.89. The van der Waals surface area contributed by atoms with Crippen LogP contribution < -0.4 is 0 Å². The van der Waals surface area contributed by atoms with Gasteiger partial charge >= 0.3 is 0 Å². The van der Waals surface area contributed by atoms with E-state index in [9.17, 15) is 8.42 Å². The van der Waals surface area contributed by atoms with Crippen LogP contribution in [0.1, 0.15) is 44.3 Å². The van der Waals surface area contributed by atoms with Crippen molar-refractivity contribution in [3.05, 3.63) is 36.2 Å². The van der Waals surface area contributed by atoms with Crippen molar-refractivity contribution < 1.29 is 8.42 Å². The molecule has 0 saturated carbocycles. The van der Waals surface area contributed by atoms with Gasteiger partial charge in [-0.25, -0.2) is 12.7 Å². The molecule has 0 radical (unpaired) electrons. The maximum atomic E-state index is 11.8. The molecule has 7 heteroatoms. The molecule has 3 rings (SSSR count). The fraction of sp³-hybridized carbons (Fsp3) is 0.529. The molecule has 130 valence electrons. The summed E-state index contributed by atoms with van der Waals surface area (Å²) in [6.07, 6.45) is 4.90. The molecule has 0 aromatic carbocycles. The molecule has 2 aromatic rings. The predicted octanol–water partition coefficient (Wildman–Crippen LogP) is 2.67. The average Bonchev–Trinajstić information content (AvgIpc) is 3.04. The number of aromatic nitrogens is 3. The molecule has 0 bridgehead atoms. The van der Waals surface area contributed by atoms with Crippen molar-refractivity contribution in [1.82, 2.24) is 19.1 Å². The first kappa shape index (κ1) is 17.1. The lowest BCUT2D eigenvalue weighted by atomic mass is 9.95. The maximum Gasteiger partial charge on any atom is 0.211 e. The van der Waals surface area contributed by atoms with Crippen LogP contribution in [-0.4, -0.2) is 46.8 Å². The second kappa shape index (κ2) is 6.64. The lowest BCUT2D eigenvalue weighted by Gasteiger charge is -2.30. The molecule has 24 heavy (non-hydrogen) atoms. The second-order valence-corrected chi connectivity index (χ2v) is 8.65. The van der Waals surface area contributed by atoms with E-state index in [2.05, 4.69) is 18.9 Å². The highest BCUT2D eigenvalue weighted by Crippen LogP contribution is 2.29. The standard InChI is InChI=1S/C17H24N4O2S/c1-13(2)21-17(9-10-18-21)16-8-4-7-15(19-16)14-6-5-11-20(12-14)24(3,22)23/h4,7-10,13-14H,5-6,11-12H2,1-3H3. The molecule has 1 aliphatic heterocycles. The van der Waals surface area contributed by atoms with Gasteiger partial charge in [0.25, 0.3) is 0 Å². The molecular formula is C17H24N4O2S. The predicted molar refractivity (Wildman–Crippen MR) is 94.2 cm³/mol. The van der Waals surface area contributed by atoms with E-state index in [0.717, 1.165) is 29.9 Å². The number of hydrogen-bond donors (Lipinski definition) is 0. The van der Waals surface area contributed by atoms with Crippen LogP contribution in [0.25, 0.3) is 11.4 Å². The van der Waals surface area contributed by atoms with E-state index in [4.69, 9.17) is 4.98 Å². The van der Waals surface area contributed by atoms with E-state index in [1.54, 1.807) is 10.5 Å². The Labute approximate surface area is 143 Å². The van der Waals surface area contributed by atoms with E-state index in [1.807, 2.05) is 28.9 Å². The van der Waals surface area contributed by atoms with Gasteiger partial charge in [-0.05, 0) is 44.9 Å². The molecule has 6 nitrogen and oxygen atoms in total. The lowest BCUT2D eigenvalue weighted by Crippen LogP contribution is -2.38. The SMILES string of the molecule is CC(C)n1nccc1-c1cccc(C2CCCN(S(C)(=O)=O)C2)n1. The van der Waals surface area contributed by atoms with E-state index in [0.29, 0.717) is 13.1 Å². The molecule has 0 aliphatic carbocycles. The Hall–Kier alpha value is -1.73. The highest BCUT2D eigenvalue weighted by molar-refractivity contribution is 7.88. The van der Waals surface area contributed by atoms with Crippen LogP contribution in [0.15, 0.2) is 30.5 Å². The van der Waals surface area contributed by atoms with E-state index >= 15 is 0 Å². The minimum Gasteiger partial charge on any atom is -0.261 e. The summed E-state index contributed by atoms with van der Waals surface area (Å²) in [6, 6.07) is 8.20. The minimum atomic E-state index is -3.15. The Morgan fingerprint density at radius 2 is 2.04 bits per heavy atom. The monoisotopic (exact) mass is 348 g/mol. The second-order valence-electron chi connectivity index (χ2n) is 6.66. The number of piperidine rings is 1. The van der Waals surface area contributed by atoms with Crippen LogP contribution in [0.3, 0.4) is 0 Å². The number of hydrogen-bond acceptors (Lipinski definition) is 4. The van der Waals surface area contributed by atoms with Gasteiger partial charge in [0.15, 0.2) is 0 Å². The van der Waals surface area contributed by atoms with Crippen molar-refractivity contribution in [2.75, 3.05) is 19.3 Å². The molecule has 2 aromatic heterocycles. The van der Waals surface area contributed by atoms with Crippen molar-refractivity contribution in [1.29, 1.82) is 0 Å². The largest absolute Gasteiger partial charge is 0.261 e. The van der Waals surface area contributed by atoms with Crippen molar-refractivity contribution in [2.45, 2.75) is 38.6 Å². The summed E-state index contributed by atoms with van der Waals surface area (Å²) in [7, 11) is -3.15. The van der Waals surface area contributed by atoms with Crippen LogP contribution in [0.5, 0.6) is 0 Å². The van der Waals surface area contributed by atoms with Gasteiger partial charge in [0.1, 0.15) is 0 Å². The van der Waals surface area contributed by atoms with Crippen molar-refractivity contribution in [3.8, 4) is 11.4 Å². The summed E-state index contributed by atoms with van der Waals surface area (Å²) in [4.78, 5) is 4.82. The van der Waals surface area contributed by atoms with Crippen LogP contribution in [0.4, 0.5) is 0 Å². The summed E-state index contributed by atoms with van der Waals surface area (Å²) in [5.41, 5.74) is 2.83. The molecule has 1 atom stereocenters. The number of nitrogens with zero attached hydrogens (tertiary/aromatic N) is 4. The molecule has 3 heterocycles. The quantitative estimate of drug-likeness (QED) is 0.852. The molecule has 0 amide bonds. The zero-order chi connectivity index (χ0) is 17.3. The van der Waals surface area contributed by atoms with Crippen LogP contribution >= 0.6 is 0 Å². The molecule has 1 unspecified atom stereocenters. The van der Waals surface area contributed by atoms with Crippen LogP contribution in [-0.2, 0) is 10.0 Å². The molecule has 1 fully saturated rings. The first-order valence-electron chi connectivity index (χ1n) is 8.32. The number of sulfonamides is 1. The van der Waals surface area contributed by atoms with Gasteiger partial charge in [-0.15, -0.1) is 0 Å². The third kappa shape index (κ3) is 3.52. The van der Waals surface area contributed by atoms with Crippen LogP contribution in [0.2, 0.25) is 0 Å². The molecule has 0 spiro atoms. The maximum absolute atomic E-state index is 11.8. The van der Waals surface area contributed by atoms with Gasteiger partial charge in [-0.1, -0.05) is 6.07 Å². The normalized spacial score (nSPS) is 19.8. The molecule has 1 aliphatic rings. The van der Waals surface area contributed by atoms with Crippen molar-refractivity contribution >= 4 is 10.0 Å². The van der Waals surface area contributed by atoms with Gasteiger partial charge in [0.2, 0.25) is 10.0 Å². The summed E-state index contributed by atoms with van der Waals surface area (Å²) in [6.45, 7) is 5.30. The Morgan fingerprint density at radius 3 is 2.75 bits per heavy atom. The van der Waals surface area contributed by atoms with Gasteiger partial charge in [0, 0.05) is 36.9 Å².